The van der Waals surface area contributed by atoms with E-state index in [0.29, 0.717) is 29.5 Å². The molecule has 3 aromatic rings. The van der Waals surface area contributed by atoms with Crippen LogP contribution in [0.3, 0.4) is 0 Å². The van der Waals surface area contributed by atoms with E-state index in [4.69, 9.17) is 18.9 Å². The van der Waals surface area contributed by atoms with Gasteiger partial charge in [-0.2, -0.15) is 0 Å². The minimum absolute atomic E-state index is 0.0969. The lowest BCUT2D eigenvalue weighted by Crippen LogP contribution is -2.28. The third-order valence-corrected chi connectivity index (χ3v) is 4.39. The number of pyridine rings is 1. The maximum atomic E-state index is 12.2. The second-order valence-corrected chi connectivity index (χ2v) is 6.40. The van der Waals surface area contributed by atoms with Crippen LogP contribution in [0.15, 0.2) is 42.5 Å². The third-order valence-electron chi connectivity index (χ3n) is 4.39. The van der Waals surface area contributed by atoms with Crippen LogP contribution in [0.1, 0.15) is 11.3 Å². The summed E-state index contributed by atoms with van der Waals surface area (Å²) in [6.07, 6.45) is 0. The first-order valence-electron chi connectivity index (χ1n) is 8.86. The number of aryl methyl sites for hydroxylation is 1. The van der Waals surface area contributed by atoms with Crippen molar-refractivity contribution in [3.8, 4) is 23.0 Å². The van der Waals surface area contributed by atoms with Crippen molar-refractivity contribution >= 4 is 16.8 Å². The van der Waals surface area contributed by atoms with Gasteiger partial charge in [-0.25, -0.2) is 0 Å². The average molecular weight is 380 g/mol. The summed E-state index contributed by atoms with van der Waals surface area (Å²) in [4.78, 5) is 16.7. The minimum Gasteiger partial charge on any atom is -0.497 e. The summed E-state index contributed by atoms with van der Waals surface area (Å²) >= 11 is 0. The SMILES string of the molecule is COc1ccc2nc(C)cc(OCC(=O)NCc3ccc4c(c3)OCO4)c2c1. The molecule has 4 rings (SSSR count). The van der Waals surface area contributed by atoms with E-state index in [1.807, 2.05) is 49.4 Å². The lowest BCUT2D eigenvalue weighted by atomic mass is 10.1. The van der Waals surface area contributed by atoms with Gasteiger partial charge in [0.15, 0.2) is 18.1 Å². The average Bonchev–Trinajstić information content (AvgIpc) is 3.18. The number of fused-ring (bicyclic) bond motifs is 2. The molecule has 0 fully saturated rings. The summed E-state index contributed by atoms with van der Waals surface area (Å²) in [6.45, 7) is 2.39. The largest absolute Gasteiger partial charge is 0.497 e. The Kier molecular flexibility index (Phi) is 4.89. The Morgan fingerprint density at radius 2 is 2.00 bits per heavy atom. The van der Waals surface area contributed by atoms with Crippen molar-refractivity contribution in [1.82, 2.24) is 10.3 Å². The predicted octanol–water partition coefficient (Wildman–Crippen LogP) is 2.98. The second-order valence-electron chi connectivity index (χ2n) is 6.40. The number of rotatable bonds is 6. The summed E-state index contributed by atoms with van der Waals surface area (Å²) in [5, 5.41) is 3.64. The Balaban J connectivity index is 1.40. The van der Waals surface area contributed by atoms with Gasteiger partial charge in [-0.15, -0.1) is 0 Å². The van der Waals surface area contributed by atoms with E-state index < -0.39 is 0 Å². The molecule has 2 heterocycles. The van der Waals surface area contributed by atoms with Crippen LogP contribution < -0.4 is 24.3 Å². The summed E-state index contributed by atoms with van der Waals surface area (Å²) < 4.78 is 21.7. The molecule has 0 spiro atoms. The van der Waals surface area contributed by atoms with Gasteiger partial charge in [-0.1, -0.05) is 6.07 Å². The van der Waals surface area contributed by atoms with Crippen LogP contribution in [0.2, 0.25) is 0 Å². The van der Waals surface area contributed by atoms with Crippen molar-refractivity contribution < 1.29 is 23.7 Å². The number of hydrogen-bond acceptors (Lipinski definition) is 6. The fraction of sp³-hybridized carbons (Fsp3) is 0.238. The highest BCUT2D eigenvalue weighted by molar-refractivity contribution is 5.87. The Morgan fingerprint density at radius 3 is 2.86 bits per heavy atom. The fourth-order valence-corrected chi connectivity index (χ4v) is 2.99. The van der Waals surface area contributed by atoms with E-state index in [1.54, 1.807) is 7.11 Å². The first-order chi connectivity index (χ1) is 13.6. The van der Waals surface area contributed by atoms with Gasteiger partial charge < -0.3 is 24.3 Å². The molecule has 28 heavy (non-hydrogen) atoms. The topological polar surface area (TPSA) is 78.9 Å². The van der Waals surface area contributed by atoms with Gasteiger partial charge >= 0.3 is 0 Å². The third kappa shape index (κ3) is 3.78. The molecule has 0 radical (unpaired) electrons. The van der Waals surface area contributed by atoms with Gasteiger partial charge in [-0.05, 0) is 42.8 Å². The molecule has 0 saturated heterocycles. The minimum atomic E-state index is -0.219. The number of methoxy groups -OCH3 is 1. The van der Waals surface area contributed by atoms with E-state index in [1.165, 1.54) is 0 Å². The lowest BCUT2D eigenvalue weighted by molar-refractivity contribution is -0.123. The quantitative estimate of drug-likeness (QED) is 0.708. The molecular weight excluding hydrogens is 360 g/mol. The molecule has 0 saturated carbocycles. The normalized spacial score (nSPS) is 12.1. The van der Waals surface area contributed by atoms with Crippen LogP contribution in [0.25, 0.3) is 10.9 Å². The summed E-state index contributed by atoms with van der Waals surface area (Å²) in [5.41, 5.74) is 2.53. The molecule has 2 aromatic carbocycles. The van der Waals surface area contributed by atoms with Crippen molar-refractivity contribution in [2.75, 3.05) is 20.5 Å². The van der Waals surface area contributed by atoms with Crippen molar-refractivity contribution in [1.29, 1.82) is 0 Å². The second kappa shape index (κ2) is 7.64. The van der Waals surface area contributed by atoms with Gasteiger partial charge in [0.1, 0.15) is 11.5 Å². The molecule has 0 unspecified atom stereocenters. The highest BCUT2D eigenvalue weighted by Crippen LogP contribution is 2.32. The molecule has 1 aromatic heterocycles. The van der Waals surface area contributed by atoms with Crippen molar-refractivity contribution in [3.05, 3.63) is 53.7 Å². The number of ether oxygens (including phenoxy) is 4. The van der Waals surface area contributed by atoms with Crippen LogP contribution in [-0.4, -0.2) is 31.4 Å². The molecule has 1 amide bonds. The number of nitrogens with one attached hydrogen (secondary N) is 1. The molecule has 0 aliphatic carbocycles. The number of nitrogens with zero attached hydrogens (tertiary/aromatic N) is 1. The molecular formula is C21H20N2O5. The zero-order valence-corrected chi connectivity index (χ0v) is 15.7. The summed E-state index contributed by atoms with van der Waals surface area (Å²) in [5.74, 6) is 2.49. The molecule has 1 aliphatic heterocycles. The van der Waals surface area contributed by atoms with Crippen LogP contribution >= 0.6 is 0 Å². The molecule has 1 aliphatic rings. The highest BCUT2D eigenvalue weighted by Gasteiger charge is 2.14. The van der Waals surface area contributed by atoms with Gasteiger partial charge in [-0.3, -0.25) is 9.78 Å². The zero-order valence-electron chi connectivity index (χ0n) is 15.7. The molecule has 7 nitrogen and oxygen atoms in total. The van der Waals surface area contributed by atoms with Gasteiger partial charge in [0, 0.05) is 23.7 Å². The summed E-state index contributed by atoms with van der Waals surface area (Å²) in [6, 6.07) is 13.0. The number of benzene rings is 2. The van der Waals surface area contributed by atoms with E-state index in [9.17, 15) is 4.79 Å². The standard InChI is InChI=1S/C21H20N2O5/c1-13-7-19(16-9-15(25-2)4-5-17(16)23-13)26-11-21(24)22-10-14-3-6-18-20(8-14)28-12-27-18/h3-9H,10-12H2,1-2H3,(H,22,24). The van der Waals surface area contributed by atoms with Crippen molar-refractivity contribution in [3.63, 3.8) is 0 Å². The summed E-state index contributed by atoms with van der Waals surface area (Å²) in [7, 11) is 1.60. The smallest absolute Gasteiger partial charge is 0.258 e. The van der Waals surface area contributed by atoms with Crippen molar-refractivity contribution in [2.45, 2.75) is 13.5 Å². The zero-order chi connectivity index (χ0) is 19.5. The molecule has 7 heteroatoms. The number of amides is 1. The number of carbonyl (C=O) groups is 1. The van der Waals surface area contributed by atoms with Gasteiger partial charge in [0.25, 0.3) is 5.91 Å². The van der Waals surface area contributed by atoms with Crippen LogP contribution in [0, 0.1) is 6.92 Å². The number of hydrogen-bond donors (Lipinski definition) is 1. The maximum absolute atomic E-state index is 12.2. The Labute approximate surface area is 162 Å². The molecule has 144 valence electrons. The van der Waals surface area contributed by atoms with E-state index in [2.05, 4.69) is 10.3 Å². The molecule has 0 atom stereocenters. The lowest BCUT2D eigenvalue weighted by Gasteiger charge is -2.12. The van der Waals surface area contributed by atoms with E-state index in [0.717, 1.165) is 22.2 Å². The fourth-order valence-electron chi connectivity index (χ4n) is 2.99. The highest BCUT2D eigenvalue weighted by atomic mass is 16.7. The molecule has 1 N–H and O–H groups in total. The number of aromatic nitrogens is 1. The first-order valence-corrected chi connectivity index (χ1v) is 8.86. The maximum Gasteiger partial charge on any atom is 0.258 e. The van der Waals surface area contributed by atoms with Crippen LogP contribution in [0.5, 0.6) is 23.0 Å². The van der Waals surface area contributed by atoms with Gasteiger partial charge in [0.2, 0.25) is 6.79 Å². The Morgan fingerprint density at radius 1 is 1.14 bits per heavy atom. The predicted molar refractivity (Wildman–Crippen MR) is 103 cm³/mol. The van der Waals surface area contributed by atoms with Crippen LogP contribution in [0.4, 0.5) is 0 Å². The van der Waals surface area contributed by atoms with Crippen molar-refractivity contribution in [2.24, 2.45) is 0 Å². The Hall–Kier alpha value is -3.48. The van der Waals surface area contributed by atoms with E-state index >= 15 is 0 Å². The molecule has 0 bridgehead atoms. The van der Waals surface area contributed by atoms with Gasteiger partial charge in [0.05, 0.1) is 12.6 Å². The number of carbonyl (C=O) groups excluding carboxylic acids is 1. The van der Waals surface area contributed by atoms with E-state index in [-0.39, 0.29) is 19.3 Å². The first kappa shape index (κ1) is 17.9. The van der Waals surface area contributed by atoms with Crippen LogP contribution in [-0.2, 0) is 11.3 Å². The Bertz CT molecular complexity index is 1030. The monoisotopic (exact) mass is 380 g/mol.